The molecule has 1 unspecified atom stereocenters. The zero-order valence-corrected chi connectivity index (χ0v) is 13.7. The van der Waals surface area contributed by atoms with Crippen LogP contribution < -0.4 is 0 Å². The fourth-order valence-electron chi connectivity index (χ4n) is 2.13. The highest BCUT2D eigenvalue weighted by Gasteiger charge is 2.18. The predicted octanol–water partition coefficient (Wildman–Crippen LogP) is 4.47. The van der Waals surface area contributed by atoms with Crippen LogP contribution in [0.4, 0.5) is 0 Å². The van der Waals surface area contributed by atoms with Crippen LogP contribution >= 0.6 is 16.1 Å². The first-order valence-electron chi connectivity index (χ1n) is 6.37. The largest absolute Gasteiger partial charge is 0.356 e. The summed E-state index contributed by atoms with van der Waals surface area (Å²) in [4.78, 5) is 0.678. The Hall–Kier alpha value is -1.66. The highest BCUT2D eigenvalue weighted by Crippen LogP contribution is 2.25. The molecule has 0 saturated heterocycles. The van der Waals surface area contributed by atoms with E-state index in [-0.39, 0.29) is 5.75 Å². The third-order valence-corrected chi connectivity index (χ3v) is 6.58. The van der Waals surface area contributed by atoms with E-state index in [4.69, 9.17) is 4.52 Å². The van der Waals surface area contributed by atoms with Crippen molar-refractivity contribution in [1.29, 1.82) is 0 Å². The van der Waals surface area contributed by atoms with Gasteiger partial charge in [-0.3, -0.25) is 0 Å². The summed E-state index contributed by atoms with van der Waals surface area (Å²) in [6.07, 6.45) is 0. The van der Waals surface area contributed by atoms with Crippen molar-refractivity contribution in [2.24, 2.45) is 3.39 Å². The second-order valence-electron chi connectivity index (χ2n) is 4.79. The summed E-state index contributed by atoms with van der Waals surface area (Å²) in [5.41, 5.74) is 2.45. The normalized spacial score (nSPS) is 14.0. The highest BCUT2D eigenvalue weighted by atomic mass is 79.9. The van der Waals surface area contributed by atoms with E-state index in [0.717, 1.165) is 10.9 Å². The molecule has 21 heavy (non-hydrogen) atoms. The number of benzene rings is 2. The van der Waals surface area contributed by atoms with Gasteiger partial charge in [0.1, 0.15) is 5.69 Å². The average Bonchev–Trinajstić information content (AvgIpc) is 2.91. The topological polar surface area (TPSA) is 55.5 Å². The van der Waals surface area contributed by atoms with Gasteiger partial charge in [-0.15, -0.1) is 0 Å². The van der Waals surface area contributed by atoms with Crippen molar-refractivity contribution < 1.29 is 8.73 Å². The Morgan fingerprint density at radius 1 is 1.19 bits per heavy atom. The molecular weight excluding hydrogens is 352 g/mol. The number of para-hydroxylation sites is 1. The first-order chi connectivity index (χ1) is 10.1. The molecule has 0 aliphatic rings. The van der Waals surface area contributed by atoms with Crippen LogP contribution in [0.25, 0.3) is 11.0 Å². The Labute approximate surface area is 131 Å². The molecular formula is C15H13BrN2O2S. The van der Waals surface area contributed by atoms with E-state index in [0.29, 0.717) is 16.2 Å². The molecule has 0 N–H and O–H groups in total. The van der Waals surface area contributed by atoms with Gasteiger partial charge in [0.15, 0.2) is 5.58 Å². The summed E-state index contributed by atoms with van der Waals surface area (Å²) >= 11 is 3.03. The number of fused-ring (bicyclic) bond motifs is 1. The molecule has 108 valence electrons. The van der Waals surface area contributed by atoms with Gasteiger partial charge in [0.05, 0.1) is 31.6 Å². The highest BCUT2D eigenvalue weighted by molar-refractivity contribution is 9.09. The van der Waals surface area contributed by atoms with Crippen LogP contribution in [0, 0.1) is 6.92 Å². The third kappa shape index (κ3) is 2.73. The van der Waals surface area contributed by atoms with E-state index in [1.807, 2.05) is 55.5 Å². The van der Waals surface area contributed by atoms with Crippen molar-refractivity contribution in [3.05, 3.63) is 59.8 Å². The van der Waals surface area contributed by atoms with E-state index in [9.17, 15) is 4.21 Å². The fraction of sp³-hybridized carbons (Fsp3) is 0.133. The minimum atomic E-state index is -2.62. The smallest absolute Gasteiger partial charge is 0.167 e. The summed E-state index contributed by atoms with van der Waals surface area (Å²) in [6, 6.07) is 15.1. The van der Waals surface area contributed by atoms with Crippen LogP contribution in [-0.4, -0.2) is 9.37 Å². The monoisotopic (exact) mass is 364 g/mol. The molecule has 4 nitrogen and oxygen atoms in total. The van der Waals surface area contributed by atoms with Gasteiger partial charge < -0.3 is 4.52 Å². The minimum Gasteiger partial charge on any atom is -0.356 e. The van der Waals surface area contributed by atoms with E-state index in [1.165, 1.54) is 0 Å². The Bertz CT molecular complexity index is 893. The summed E-state index contributed by atoms with van der Waals surface area (Å²) in [5, 5.41) is 4.91. The lowest BCUT2D eigenvalue weighted by atomic mass is 10.2. The zero-order chi connectivity index (χ0) is 14.9. The van der Waals surface area contributed by atoms with Crippen molar-refractivity contribution in [2.45, 2.75) is 17.6 Å². The van der Waals surface area contributed by atoms with E-state index >= 15 is 0 Å². The molecule has 2 aromatic carbocycles. The standard InChI is InChI=1S/C15H13BrN2O2S/c1-11-6-8-12(9-7-11)21(19,18-16)10-14-13-4-2-3-5-15(13)20-17-14/h2-9H,10H2,1H3. The Morgan fingerprint density at radius 2 is 1.90 bits per heavy atom. The lowest BCUT2D eigenvalue weighted by molar-refractivity contribution is 0.449. The van der Waals surface area contributed by atoms with Crippen molar-refractivity contribution >= 4 is 36.8 Å². The average molecular weight is 365 g/mol. The van der Waals surface area contributed by atoms with Gasteiger partial charge in [-0.25, -0.2) is 4.21 Å². The van der Waals surface area contributed by atoms with Crippen molar-refractivity contribution in [1.82, 2.24) is 5.16 Å². The van der Waals surface area contributed by atoms with E-state index in [2.05, 4.69) is 24.7 Å². The molecule has 3 rings (SSSR count). The first kappa shape index (κ1) is 14.3. The van der Waals surface area contributed by atoms with Crippen LogP contribution in [0.2, 0.25) is 0 Å². The lowest BCUT2D eigenvalue weighted by Gasteiger charge is -2.07. The molecule has 0 amide bonds. The first-order valence-corrected chi connectivity index (χ1v) is 8.77. The number of hydrogen-bond donors (Lipinski definition) is 0. The molecule has 0 radical (unpaired) electrons. The molecule has 1 atom stereocenters. The maximum atomic E-state index is 13.1. The van der Waals surface area contributed by atoms with Gasteiger partial charge in [-0.2, -0.15) is 3.39 Å². The summed E-state index contributed by atoms with van der Waals surface area (Å²) in [7, 11) is -2.62. The molecule has 0 spiro atoms. The van der Waals surface area contributed by atoms with E-state index < -0.39 is 9.73 Å². The molecule has 0 saturated carbocycles. The van der Waals surface area contributed by atoms with Crippen LogP contribution in [0.15, 0.2) is 61.3 Å². The maximum absolute atomic E-state index is 13.1. The molecule has 0 aliphatic heterocycles. The summed E-state index contributed by atoms with van der Waals surface area (Å²) in [5.74, 6) is 0.207. The van der Waals surface area contributed by atoms with Crippen molar-refractivity contribution in [2.75, 3.05) is 0 Å². The van der Waals surface area contributed by atoms with Gasteiger partial charge in [0.2, 0.25) is 0 Å². The molecule has 6 heteroatoms. The molecule has 0 aliphatic carbocycles. The number of halogens is 1. The number of hydrogen-bond acceptors (Lipinski definition) is 4. The maximum Gasteiger partial charge on any atom is 0.167 e. The fourth-order valence-corrected chi connectivity index (χ4v) is 4.37. The molecule has 0 fully saturated rings. The second-order valence-corrected chi connectivity index (χ2v) is 7.84. The SMILES string of the molecule is Cc1ccc(S(=O)(Cc2noc3ccccc23)=NBr)cc1. The van der Waals surface area contributed by atoms with Crippen LogP contribution in [0.3, 0.4) is 0 Å². The van der Waals surface area contributed by atoms with Crippen molar-refractivity contribution in [3.8, 4) is 0 Å². The predicted molar refractivity (Wildman–Crippen MR) is 86.7 cm³/mol. The van der Waals surface area contributed by atoms with Gasteiger partial charge in [0.25, 0.3) is 0 Å². The minimum absolute atomic E-state index is 0.207. The van der Waals surface area contributed by atoms with Crippen molar-refractivity contribution in [3.63, 3.8) is 0 Å². The number of nitrogens with zero attached hydrogens (tertiary/aromatic N) is 2. The molecule has 1 heterocycles. The van der Waals surface area contributed by atoms with Crippen LogP contribution in [-0.2, 0) is 15.5 Å². The zero-order valence-electron chi connectivity index (χ0n) is 11.3. The van der Waals surface area contributed by atoms with Crippen LogP contribution in [0.1, 0.15) is 11.3 Å². The van der Waals surface area contributed by atoms with Gasteiger partial charge in [-0.05, 0) is 31.2 Å². The molecule has 0 bridgehead atoms. The summed E-state index contributed by atoms with van der Waals surface area (Å²) < 4.78 is 22.3. The second kappa shape index (κ2) is 5.61. The third-order valence-electron chi connectivity index (χ3n) is 3.29. The van der Waals surface area contributed by atoms with Gasteiger partial charge in [-0.1, -0.05) is 35.0 Å². The number of aryl methyl sites for hydroxylation is 1. The van der Waals surface area contributed by atoms with Crippen LogP contribution in [0.5, 0.6) is 0 Å². The quantitative estimate of drug-likeness (QED) is 0.688. The Morgan fingerprint density at radius 3 is 2.62 bits per heavy atom. The Balaban J connectivity index is 2.05. The Kier molecular flexibility index (Phi) is 3.82. The molecule has 3 aromatic rings. The number of rotatable bonds is 3. The molecule has 1 aromatic heterocycles. The lowest BCUT2D eigenvalue weighted by Crippen LogP contribution is -2.04. The van der Waals surface area contributed by atoms with Gasteiger partial charge >= 0.3 is 0 Å². The van der Waals surface area contributed by atoms with Gasteiger partial charge in [0, 0.05) is 10.3 Å². The van der Waals surface area contributed by atoms with E-state index in [1.54, 1.807) is 0 Å². The number of aromatic nitrogens is 1. The summed E-state index contributed by atoms with van der Waals surface area (Å²) in [6.45, 7) is 1.99.